The van der Waals surface area contributed by atoms with Crippen LogP contribution < -0.4 is 5.32 Å². The molecule has 0 fully saturated rings. The molecule has 0 aromatic carbocycles. The number of fused-ring (bicyclic) bond motifs is 1. The van der Waals surface area contributed by atoms with Crippen molar-refractivity contribution >= 4 is 11.5 Å². The molecule has 0 saturated heterocycles. The first-order valence-corrected chi connectivity index (χ1v) is 4.11. The minimum absolute atomic E-state index is 0.450. The molecular formula is C8H12N4. The van der Waals surface area contributed by atoms with E-state index >= 15 is 0 Å². The van der Waals surface area contributed by atoms with Crippen molar-refractivity contribution in [3.63, 3.8) is 0 Å². The molecule has 0 amide bonds. The van der Waals surface area contributed by atoms with Crippen molar-refractivity contribution in [2.45, 2.75) is 13.8 Å². The normalized spacial score (nSPS) is 15.4. The Morgan fingerprint density at radius 1 is 1.50 bits per heavy atom. The van der Waals surface area contributed by atoms with Crippen molar-refractivity contribution in [1.82, 2.24) is 9.97 Å². The molecule has 4 nitrogen and oxygen atoms in total. The van der Waals surface area contributed by atoms with E-state index in [1.54, 1.807) is 6.33 Å². The summed E-state index contributed by atoms with van der Waals surface area (Å²) in [6.45, 7) is 4.91. The molecule has 0 spiro atoms. The third kappa shape index (κ3) is 0.995. The summed E-state index contributed by atoms with van der Waals surface area (Å²) < 4.78 is 0. The number of nitrogens with zero attached hydrogens (tertiary/aromatic N) is 2. The topological polar surface area (TPSA) is 53.1 Å². The molecule has 2 N–H and O–H groups in total. The van der Waals surface area contributed by atoms with E-state index < -0.39 is 0 Å². The SMILES string of the molecule is CC(C)C1=NCNc2nc[nH]c21. The van der Waals surface area contributed by atoms with Gasteiger partial charge in [-0.3, -0.25) is 4.99 Å². The van der Waals surface area contributed by atoms with Crippen LogP contribution in [0.1, 0.15) is 19.5 Å². The maximum absolute atomic E-state index is 4.38. The van der Waals surface area contributed by atoms with Gasteiger partial charge in [0.1, 0.15) is 12.4 Å². The smallest absolute Gasteiger partial charge is 0.154 e. The van der Waals surface area contributed by atoms with Gasteiger partial charge in [0.2, 0.25) is 0 Å². The summed E-state index contributed by atoms with van der Waals surface area (Å²) in [4.78, 5) is 11.6. The van der Waals surface area contributed by atoms with Crippen LogP contribution in [0, 0.1) is 5.92 Å². The minimum Gasteiger partial charge on any atom is -0.349 e. The van der Waals surface area contributed by atoms with Gasteiger partial charge in [-0.15, -0.1) is 0 Å². The highest BCUT2D eigenvalue weighted by Crippen LogP contribution is 2.18. The first-order chi connectivity index (χ1) is 5.79. The highest BCUT2D eigenvalue weighted by molar-refractivity contribution is 6.04. The van der Waals surface area contributed by atoms with E-state index in [0.717, 1.165) is 17.2 Å². The van der Waals surface area contributed by atoms with E-state index in [0.29, 0.717) is 12.6 Å². The van der Waals surface area contributed by atoms with Gasteiger partial charge in [-0.05, 0) is 5.92 Å². The molecular weight excluding hydrogens is 152 g/mol. The Kier molecular flexibility index (Phi) is 1.60. The van der Waals surface area contributed by atoms with Crippen LogP contribution in [0.5, 0.6) is 0 Å². The number of aromatic amines is 1. The average Bonchev–Trinajstić information content (AvgIpc) is 2.49. The lowest BCUT2D eigenvalue weighted by Crippen LogP contribution is -2.19. The lowest BCUT2D eigenvalue weighted by atomic mass is 10.0. The molecule has 0 aliphatic carbocycles. The molecule has 1 aliphatic rings. The number of nitrogens with one attached hydrogen (secondary N) is 2. The lowest BCUT2D eigenvalue weighted by Gasteiger charge is -2.15. The number of H-pyrrole nitrogens is 1. The summed E-state index contributed by atoms with van der Waals surface area (Å²) in [6, 6.07) is 0. The van der Waals surface area contributed by atoms with Crippen LogP contribution in [0.3, 0.4) is 0 Å². The number of aliphatic imine (C=N–C) groups is 1. The number of aromatic nitrogens is 2. The van der Waals surface area contributed by atoms with E-state index in [1.165, 1.54) is 0 Å². The van der Waals surface area contributed by atoms with Crippen LogP contribution in [0.2, 0.25) is 0 Å². The third-order valence-corrected chi connectivity index (χ3v) is 1.94. The molecule has 1 aromatic rings. The van der Waals surface area contributed by atoms with E-state index in [4.69, 9.17) is 0 Å². The minimum atomic E-state index is 0.450. The Labute approximate surface area is 71.1 Å². The van der Waals surface area contributed by atoms with E-state index in [9.17, 15) is 0 Å². The fraction of sp³-hybridized carbons (Fsp3) is 0.500. The Bertz CT molecular complexity index is 311. The summed E-state index contributed by atoms with van der Waals surface area (Å²) in [5.41, 5.74) is 2.15. The maximum Gasteiger partial charge on any atom is 0.154 e. The Hall–Kier alpha value is -1.32. The summed E-state index contributed by atoms with van der Waals surface area (Å²) in [7, 11) is 0. The van der Waals surface area contributed by atoms with Crippen molar-refractivity contribution in [2.24, 2.45) is 10.9 Å². The summed E-state index contributed by atoms with van der Waals surface area (Å²) in [5, 5.41) is 3.10. The molecule has 1 aromatic heterocycles. The van der Waals surface area contributed by atoms with Crippen LogP contribution >= 0.6 is 0 Å². The Morgan fingerprint density at radius 3 is 3.08 bits per heavy atom. The standard InChI is InChI=1S/C8H12N4/c1-5(2)6-7-8(11-3-9-6)12-4-10-7/h4-5,11H,3H2,1-2H3,(H,10,12). The first kappa shape index (κ1) is 7.34. The fourth-order valence-corrected chi connectivity index (χ4v) is 1.37. The number of imidazole rings is 1. The predicted molar refractivity (Wildman–Crippen MR) is 48.5 cm³/mol. The second-order valence-electron chi connectivity index (χ2n) is 3.16. The zero-order chi connectivity index (χ0) is 8.55. The van der Waals surface area contributed by atoms with Crippen molar-refractivity contribution in [1.29, 1.82) is 0 Å². The molecule has 2 heterocycles. The number of hydrogen-bond donors (Lipinski definition) is 2. The summed E-state index contributed by atoms with van der Waals surface area (Å²) in [6.07, 6.45) is 1.70. The van der Waals surface area contributed by atoms with Gasteiger partial charge >= 0.3 is 0 Å². The number of rotatable bonds is 1. The van der Waals surface area contributed by atoms with Crippen LogP contribution in [0.15, 0.2) is 11.3 Å². The average molecular weight is 164 g/mol. The van der Waals surface area contributed by atoms with Gasteiger partial charge in [-0.1, -0.05) is 13.8 Å². The molecule has 0 bridgehead atoms. The number of hydrogen-bond acceptors (Lipinski definition) is 3. The van der Waals surface area contributed by atoms with Crippen molar-refractivity contribution < 1.29 is 0 Å². The monoisotopic (exact) mass is 164 g/mol. The quantitative estimate of drug-likeness (QED) is 0.656. The van der Waals surface area contributed by atoms with Crippen LogP contribution in [-0.2, 0) is 0 Å². The largest absolute Gasteiger partial charge is 0.349 e. The molecule has 0 saturated carbocycles. The van der Waals surface area contributed by atoms with Gasteiger partial charge < -0.3 is 10.3 Å². The molecule has 0 unspecified atom stereocenters. The molecule has 0 atom stereocenters. The van der Waals surface area contributed by atoms with E-state index in [2.05, 4.69) is 34.1 Å². The second kappa shape index (κ2) is 2.62. The summed E-state index contributed by atoms with van der Waals surface area (Å²) in [5.74, 6) is 1.38. The Morgan fingerprint density at radius 2 is 2.33 bits per heavy atom. The molecule has 4 heteroatoms. The molecule has 12 heavy (non-hydrogen) atoms. The van der Waals surface area contributed by atoms with Crippen molar-refractivity contribution in [3.8, 4) is 0 Å². The van der Waals surface area contributed by atoms with Crippen molar-refractivity contribution in [3.05, 3.63) is 12.0 Å². The molecule has 1 aliphatic heterocycles. The van der Waals surface area contributed by atoms with Crippen LogP contribution in [0.4, 0.5) is 5.82 Å². The fourth-order valence-electron chi connectivity index (χ4n) is 1.37. The summed E-state index contributed by atoms with van der Waals surface area (Å²) >= 11 is 0. The van der Waals surface area contributed by atoms with E-state index in [1.807, 2.05) is 0 Å². The zero-order valence-electron chi connectivity index (χ0n) is 7.26. The maximum atomic E-state index is 4.38. The van der Waals surface area contributed by atoms with Crippen molar-refractivity contribution in [2.75, 3.05) is 12.0 Å². The van der Waals surface area contributed by atoms with Gasteiger partial charge in [-0.25, -0.2) is 4.98 Å². The van der Waals surface area contributed by atoms with Crippen LogP contribution in [-0.4, -0.2) is 22.3 Å². The highest BCUT2D eigenvalue weighted by Gasteiger charge is 2.17. The molecule has 64 valence electrons. The molecule has 2 rings (SSSR count). The Balaban J connectivity index is 2.43. The van der Waals surface area contributed by atoms with Gasteiger partial charge in [-0.2, -0.15) is 0 Å². The predicted octanol–water partition coefficient (Wildman–Crippen LogP) is 1.24. The lowest BCUT2D eigenvalue weighted by molar-refractivity contribution is 0.863. The highest BCUT2D eigenvalue weighted by atomic mass is 15.1. The van der Waals surface area contributed by atoms with Gasteiger partial charge in [0.25, 0.3) is 0 Å². The van der Waals surface area contributed by atoms with Gasteiger partial charge in [0.15, 0.2) is 5.82 Å². The number of anilines is 1. The first-order valence-electron chi connectivity index (χ1n) is 4.11. The second-order valence-corrected chi connectivity index (χ2v) is 3.16. The third-order valence-electron chi connectivity index (χ3n) is 1.94. The van der Waals surface area contributed by atoms with Crippen LogP contribution in [0.25, 0.3) is 0 Å². The van der Waals surface area contributed by atoms with Gasteiger partial charge in [0, 0.05) is 0 Å². The molecule has 0 radical (unpaired) electrons. The zero-order valence-corrected chi connectivity index (χ0v) is 7.26. The van der Waals surface area contributed by atoms with Gasteiger partial charge in [0.05, 0.1) is 12.0 Å². The van der Waals surface area contributed by atoms with E-state index in [-0.39, 0.29) is 0 Å².